The molecule has 6 heteroatoms. The van der Waals surface area contributed by atoms with Gasteiger partial charge in [-0.2, -0.15) is 0 Å². The fourth-order valence-corrected chi connectivity index (χ4v) is 5.13. The van der Waals surface area contributed by atoms with Crippen molar-refractivity contribution >= 4 is 23.2 Å². The quantitative estimate of drug-likeness (QED) is 0.864. The van der Waals surface area contributed by atoms with Crippen LogP contribution in [0.5, 0.6) is 0 Å². The van der Waals surface area contributed by atoms with Crippen molar-refractivity contribution in [3.05, 3.63) is 51.5 Å². The smallest absolute Gasteiger partial charge is 0.263 e. The minimum absolute atomic E-state index is 0.00994. The third kappa shape index (κ3) is 4.21. The highest BCUT2D eigenvalue weighted by Gasteiger charge is 2.28. The third-order valence-corrected chi connectivity index (χ3v) is 6.72. The molecule has 27 heavy (non-hydrogen) atoms. The zero-order valence-corrected chi connectivity index (χ0v) is 16.3. The summed E-state index contributed by atoms with van der Waals surface area (Å²) in [4.78, 5) is 33.4. The number of hydrogen-bond donors (Lipinski definition) is 1. The largest absolute Gasteiger partial charge is 0.356 e. The maximum absolute atomic E-state index is 12.6. The lowest BCUT2D eigenvalue weighted by atomic mass is 9.87. The molecule has 1 saturated heterocycles. The second-order valence-corrected chi connectivity index (χ2v) is 8.54. The molecular weight excluding hydrogens is 358 g/mol. The van der Waals surface area contributed by atoms with Crippen LogP contribution in [0.2, 0.25) is 0 Å². The number of carbonyl (C=O) groups is 2. The van der Waals surface area contributed by atoms with Gasteiger partial charge in [0, 0.05) is 42.8 Å². The summed E-state index contributed by atoms with van der Waals surface area (Å²) in [6, 6.07) is 5.98. The molecule has 1 fully saturated rings. The molecule has 1 atom stereocenters. The first-order valence-corrected chi connectivity index (χ1v) is 10.6. The van der Waals surface area contributed by atoms with E-state index in [1.54, 1.807) is 17.5 Å². The summed E-state index contributed by atoms with van der Waals surface area (Å²) in [6.07, 6.45) is 9.12. The SMILES string of the molecule is O=C(NCCc1cccnc1)[C@H]1CCc2sc(C(=O)N3CCCC3)cc2C1. The highest BCUT2D eigenvalue weighted by Crippen LogP contribution is 2.33. The van der Waals surface area contributed by atoms with Crippen LogP contribution in [0.3, 0.4) is 0 Å². The van der Waals surface area contributed by atoms with Crippen molar-refractivity contribution in [2.45, 2.75) is 38.5 Å². The van der Waals surface area contributed by atoms with Crippen LogP contribution in [-0.2, 0) is 24.1 Å². The van der Waals surface area contributed by atoms with Crippen LogP contribution >= 0.6 is 11.3 Å². The number of aryl methyl sites for hydroxylation is 1. The summed E-state index contributed by atoms with van der Waals surface area (Å²) < 4.78 is 0. The summed E-state index contributed by atoms with van der Waals surface area (Å²) in [5.74, 6) is 0.309. The van der Waals surface area contributed by atoms with E-state index in [1.807, 2.05) is 29.3 Å². The first-order valence-electron chi connectivity index (χ1n) is 9.78. The normalized spacial score (nSPS) is 19.0. The molecule has 2 aromatic rings. The van der Waals surface area contributed by atoms with E-state index in [1.165, 1.54) is 10.4 Å². The predicted molar refractivity (Wildman–Crippen MR) is 106 cm³/mol. The lowest BCUT2D eigenvalue weighted by Gasteiger charge is -2.21. The average Bonchev–Trinajstić information content (AvgIpc) is 3.37. The van der Waals surface area contributed by atoms with Gasteiger partial charge in [0.25, 0.3) is 5.91 Å². The molecule has 0 spiro atoms. The van der Waals surface area contributed by atoms with Gasteiger partial charge < -0.3 is 10.2 Å². The molecule has 2 aliphatic rings. The first kappa shape index (κ1) is 18.2. The van der Waals surface area contributed by atoms with Crippen molar-refractivity contribution in [1.29, 1.82) is 0 Å². The highest BCUT2D eigenvalue weighted by atomic mass is 32.1. The molecule has 0 bridgehead atoms. The van der Waals surface area contributed by atoms with Crippen molar-refractivity contribution in [3.8, 4) is 0 Å². The number of hydrogen-bond acceptors (Lipinski definition) is 4. The maximum atomic E-state index is 12.6. The monoisotopic (exact) mass is 383 g/mol. The molecule has 3 heterocycles. The number of carbonyl (C=O) groups excluding carboxylic acids is 2. The molecule has 0 radical (unpaired) electrons. The summed E-state index contributed by atoms with van der Waals surface area (Å²) in [5.41, 5.74) is 2.33. The van der Waals surface area contributed by atoms with Gasteiger partial charge in [-0.25, -0.2) is 0 Å². The Labute approximate surface area is 163 Å². The lowest BCUT2D eigenvalue weighted by Crippen LogP contribution is -2.34. The van der Waals surface area contributed by atoms with Crippen LogP contribution in [0.1, 0.15) is 44.9 Å². The molecule has 2 amide bonds. The molecule has 1 aliphatic heterocycles. The summed E-state index contributed by atoms with van der Waals surface area (Å²) >= 11 is 1.63. The Morgan fingerprint density at radius 3 is 2.93 bits per heavy atom. The fourth-order valence-electron chi connectivity index (χ4n) is 3.95. The zero-order valence-electron chi connectivity index (χ0n) is 15.4. The van der Waals surface area contributed by atoms with Gasteiger partial charge in [0.15, 0.2) is 0 Å². The Kier molecular flexibility index (Phi) is 5.53. The van der Waals surface area contributed by atoms with E-state index < -0.39 is 0 Å². The Hall–Kier alpha value is -2.21. The van der Waals surface area contributed by atoms with Gasteiger partial charge in [0.05, 0.1) is 4.88 Å². The Bertz CT molecular complexity index is 812. The summed E-state index contributed by atoms with van der Waals surface area (Å²) in [6.45, 7) is 2.39. The van der Waals surface area contributed by atoms with Crippen molar-refractivity contribution in [3.63, 3.8) is 0 Å². The first-order chi connectivity index (χ1) is 13.2. The molecular formula is C21H25N3O2S. The van der Waals surface area contributed by atoms with Gasteiger partial charge in [-0.05, 0) is 61.8 Å². The number of likely N-dealkylation sites (tertiary alicyclic amines) is 1. The predicted octanol–water partition coefficient (Wildman–Crippen LogP) is 2.84. The molecule has 0 unspecified atom stereocenters. The van der Waals surface area contributed by atoms with E-state index in [0.29, 0.717) is 6.54 Å². The summed E-state index contributed by atoms with van der Waals surface area (Å²) in [5, 5.41) is 3.07. The van der Waals surface area contributed by atoms with Crippen LogP contribution in [0.15, 0.2) is 30.6 Å². The summed E-state index contributed by atoms with van der Waals surface area (Å²) in [7, 11) is 0. The number of nitrogens with zero attached hydrogens (tertiary/aromatic N) is 2. The second-order valence-electron chi connectivity index (χ2n) is 7.40. The van der Waals surface area contributed by atoms with Gasteiger partial charge in [-0.1, -0.05) is 6.07 Å². The van der Waals surface area contributed by atoms with Crippen molar-refractivity contribution in [2.75, 3.05) is 19.6 Å². The average molecular weight is 384 g/mol. The van der Waals surface area contributed by atoms with Crippen LogP contribution in [0, 0.1) is 5.92 Å². The van der Waals surface area contributed by atoms with Gasteiger partial charge in [-0.15, -0.1) is 11.3 Å². The Morgan fingerprint density at radius 2 is 2.15 bits per heavy atom. The Morgan fingerprint density at radius 1 is 1.30 bits per heavy atom. The topological polar surface area (TPSA) is 62.3 Å². The standard InChI is InChI=1S/C21H25N3O2S/c25-20(23-9-7-15-4-3-8-22-14-15)16-5-6-18-17(12-16)13-19(27-18)21(26)24-10-1-2-11-24/h3-4,8,13-14,16H,1-2,5-7,9-12H2,(H,23,25)/t16-/m0/s1. The molecule has 2 aromatic heterocycles. The van der Waals surface area contributed by atoms with Gasteiger partial charge in [0.2, 0.25) is 5.91 Å². The fraction of sp³-hybridized carbons (Fsp3) is 0.476. The molecule has 1 N–H and O–H groups in total. The molecule has 0 aromatic carbocycles. The van der Waals surface area contributed by atoms with Gasteiger partial charge in [0.1, 0.15) is 0 Å². The van der Waals surface area contributed by atoms with Crippen LogP contribution in [0.25, 0.3) is 0 Å². The number of fused-ring (bicyclic) bond motifs is 1. The van der Waals surface area contributed by atoms with E-state index in [0.717, 1.165) is 62.1 Å². The molecule has 142 valence electrons. The van der Waals surface area contributed by atoms with Crippen LogP contribution in [0.4, 0.5) is 0 Å². The maximum Gasteiger partial charge on any atom is 0.263 e. The van der Waals surface area contributed by atoms with Gasteiger partial charge >= 0.3 is 0 Å². The number of nitrogens with one attached hydrogen (secondary N) is 1. The number of thiophene rings is 1. The van der Waals surface area contributed by atoms with Crippen LogP contribution < -0.4 is 5.32 Å². The Balaban J connectivity index is 1.32. The van der Waals surface area contributed by atoms with Crippen LogP contribution in [-0.4, -0.2) is 41.3 Å². The van der Waals surface area contributed by atoms with E-state index >= 15 is 0 Å². The van der Waals surface area contributed by atoms with Gasteiger partial charge in [-0.3, -0.25) is 14.6 Å². The molecule has 5 nitrogen and oxygen atoms in total. The third-order valence-electron chi connectivity index (χ3n) is 5.49. The number of amides is 2. The van der Waals surface area contributed by atoms with Crippen molar-refractivity contribution in [2.24, 2.45) is 5.92 Å². The number of pyridine rings is 1. The van der Waals surface area contributed by atoms with Crippen molar-refractivity contribution in [1.82, 2.24) is 15.2 Å². The van der Waals surface area contributed by atoms with Crippen molar-refractivity contribution < 1.29 is 9.59 Å². The second kappa shape index (κ2) is 8.21. The molecule has 0 saturated carbocycles. The zero-order chi connectivity index (χ0) is 18.6. The van der Waals surface area contributed by atoms with E-state index in [4.69, 9.17) is 0 Å². The number of aromatic nitrogens is 1. The molecule has 1 aliphatic carbocycles. The minimum Gasteiger partial charge on any atom is -0.356 e. The van der Waals surface area contributed by atoms with E-state index in [2.05, 4.69) is 10.3 Å². The highest BCUT2D eigenvalue weighted by molar-refractivity contribution is 7.14. The van der Waals surface area contributed by atoms with E-state index in [-0.39, 0.29) is 17.7 Å². The lowest BCUT2D eigenvalue weighted by molar-refractivity contribution is -0.125. The molecule has 4 rings (SSSR count). The van der Waals surface area contributed by atoms with E-state index in [9.17, 15) is 9.59 Å². The number of rotatable bonds is 5. The minimum atomic E-state index is 0.00994.